The molecule has 1 aromatic heterocycles. The van der Waals surface area contributed by atoms with E-state index in [1.54, 1.807) is 6.26 Å². The Morgan fingerprint density at radius 1 is 1.38 bits per heavy atom. The summed E-state index contributed by atoms with van der Waals surface area (Å²) in [5, 5.41) is 6.87. The topological polar surface area (TPSA) is 62.0 Å². The van der Waals surface area contributed by atoms with E-state index in [9.17, 15) is 0 Å². The van der Waals surface area contributed by atoms with Crippen molar-refractivity contribution in [1.29, 1.82) is 0 Å². The number of aliphatic imine (C=N–C) groups is 1. The molecule has 0 spiro atoms. The molecule has 2 N–H and O–H groups in total. The number of rotatable bonds is 6. The molecule has 3 rings (SSSR count). The minimum Gasteiger partial charge on any atom is -0.468 e. The van der Waals surface area contributed by atoms with E-state index in [1.165, 1.54) is 12.8 Å². The van der Waals surface area contributed by atoms with Gasteiger partial charge in [-0.05, 0) is 44.5 Å². The average Bonchev–Trinajstić information content (AvgIpc) is 3.34. The Morgan fingerprint density at radius 3 is 2.83 bits per heavy atom. The number of guanidine groups is 1. The molecule has 2 fully saturated rings. The van der Waals surface area contributed by atoms with Gasteiger partial charge in [-0.2, -0.15) is 0 Å². The largest absolute Gasteiger partial charge is 0.468 e. The summed E-state index contributed by atoms with van der Waals surface area (Å²) in [5.41, 5.74) is 0. The van der Waals surface area contributed by atoms with Crippen LogP contribution in [0.4, 0.5) is 0 Å². The highest BCUT2D eigenvalue weighted by Crippen LogP contribution is 2.24. The van der Waals surface area contributed by atoms with Crippen LogP contribution < -0.4 is 10.6 Å². The lowest BCUT2D eigenvalue weighted by Gasteiger charge is -2.27. The van der Waals surface area contributed by atoms with E-state index >= 15 is 0 Å². The second kappa shape index (κ2) is 10.2. The first kappa shape index (κ1) is 19.5. The number of hydrogen-bond donors (Lipinski definition) is 2. The second-order valence-electron chi connectivity index (χ2n) is 6.34. The van der Waals surface area contributed by atoms with Crippen LogP contribution in [0.3, 0.4) is 0 Å². The lowest BCUT2D eigenvalue weighted by Crippen LogP contribution is -2.44. The molecule has 1 aromatic rings. The van der Waals surface area contributed by atoms with Crippen LogP contribution in [0.5, 0.6) is 0 Å². The zero-order valence-electron chi connectivity index (χ0n) is 14.4. The third-order valence-corrected chi connectivity index (χ3v) is 4.72. The predicted octanol–water partition coefficient (Wildman–Crippen LogP) is 2.24. The molecule has 6 nitrogen and oxygen atoms in total. The summed E-state index contributed by atoms with van der Waals surface area (Å²) in [4.78, 5) is 6.82. The molecule has 0 saturated carbocycles. The van der Waals surface area contributed by atoms with Crippen molar-refractivity contribution in [3.8, 4) is 0 Å². The van der Waals surface area contributed by atoms with Crippen molar-refractivity contribution in [1.82, 2.24) is 15.5 Å². The summed E-state index contributed by atoms with van der Waals surface area (Å²) >= 11 is 0. The highest BCUT2D eigenvalue weighted by molar-refractivity contribution is 14.0. The van der Waals surface area contributed by atoms with E-state index in [0.717, 1.165) is 57.5 Å². The maximum Gasteiger partial charge on any atom is 0.191 e. The van der Waals surface area contributed by atoms with Gasteiger partial charge in [-0.3, -0.25) is 9.89 Å². The summed E-state index contributed by atoms with van der Waals surface area (Å²) in [6, 6.07) is 4.29. The van der Waals surface area contributed by atoms with Gasteiger partial charge in [0.2, 0.25) is 0 Å². The monoisotopic (exact) mass is 448 g/mol. The van der Waals surface area contributed by atoms with Crippen LogP contribution in [0.15, 0.2) is 27.8 Å². The number of nitrogens with zero attached hydrogens (tertiary/aromatic N) is 2. The lowest BCUT2D eigenvalue weighted by molar-refractivity contribution is 0.186. The van der Waals surface area contributed by atoms with E-state index in [2.05, 4.69) is 26.6 Å². The fraction of sp³-hybridized carbons (Fsp3) is 0.706. The van der Waals surface area contributed by atoms with Crippen molar-refractivity contribution < 1.29 is 9.15 Å². The molecule has 2 saturated heterocycles. The lowest BCUT2D eigenvalue weighted by atomic mass is 10.1. The van der Waals surface area contributed by atoms with Gasteiger partial charge in [-0.15, -0.1) is 24.0 Å². The number of hydrogen-bond acceptors (Lipinski definition) is 4. The molecule has 24 heavy (non-hydrogen) atoms. The molecule has 2 unspecified atom stereocenters. The number of furan rings is 1. The van der Waals surface area contributed by atoms with E-state index < -0.39 is 0 Å². The molecule has 0 bridgehead atoms. The normalized spacial score (nSPS) is 23.0. The highest BCUT2D eigenvalue weighted by atomic mass is 127. The zero-order valence-corrected chi connectivity index (χ0v) is 16.7. The Balaban J connectivity index is 0.00000208. The number of nitrogens with one attached hydrogen (secondary N) is 2. The van der Waals surface area contributed by atoms with Gasteiger partial charge in [0.15, 0.2) is 5.96 Å². The molecule has 136 valence electrons. The third-order valence-electron chi connectivity index (χ3n) is 4.72. The van der Waals surface area contributed by atoms with Crippen LogP contribution in [0.1, 0.15) is 31.1 Å². The van der Waals surface area contributed by atoms with Gasteiger partial charge >= 0.3 is 0 Å². The Morgan fingerprint density at radius 2 is 2.21 bits per heavy atom. The summed E-state index contributed by atoms with van der Waals surface area (Å²) in [6.07, 6.45) is 5.43. The molecule has 0 radical (unpaired) electrons. The first-order valence-electron chi connectivity index (χ1n) is 8.66. The van der Waals surface area contributed by atoms with Crippen molar-refractivity contribution >= 4 is 29.9 Å². The minimum absolute atomic E-state index is 0. The zero-order chi connectivity index (χ0) is 15.9. The molecule has 2 aliphatic heterocycles. The standard InChI is InChI=1S/C17H28N4O2.HI/c1-18-17(19-11-14-6-10-22-13-14)20-12-15(16-5-4-9-23-16)21-7-2-3-8-21;/h4-5,9,14-15H,2-3,6-8,10-13H2,1H3,(H2,18,19,20);1H. The summed E-state index contributed by atoms with van der Waals surface area (Å²) in [5.74, 6) is 2.47. The molecule has 3 heterocycles. The summed E-state index contributed by atoms with van der Waals surface area (Å²) in [7, 11) is 1.82. The van der Waals surface area contributed by atoms with Crippen molar-refractivity contribution in [2.24, 2.45) is 10.9 Å². The molecule has 0 aromatic carbocycles. The van der Waals surface area contributed by atoms with Crippen molar-refractivity contribution in [2.75, 3.05) is 46.4 Å². The molecule has 0 aliphatic carbocycles. The molecule has 2 aliphatic rings. The van der Waals surface area contributed by atoms with Crippen LogP contribution in [-0.4, -0.2) is 57.3 Å². The van der Waals surface area contributed by atoms with Crippen LogP contribution in [0, 0.1) is 5.92 Å². The van der Waals surface area contributed by atoms with Gasteiger partial charge in [0, 0.05) is 32.7 Å². The van der Waals surface area contributed by atoms with Crippen LogP contribution >= 0.6 is 24.0 Å². The van der Waals surface area contributed by atoms with Crippen LogP contribution in [0.25, 0.3) is 0 Å². The van der Waals surface area contributed by atoms with E-state index in [1.807, 2.05) is 13.1 Å². The van der Waals surface area contributed by atoms with Crippen molar-refractivity contribution in [3.05, 3.63) is 24.2 Å². The number of halogens is 1. The molecular weight excluding hydrogens is 419 g/mol. The fourth-order valence-corrected chi connectivity index (χ4v) is 3.34. The molecular formula is C17H29IN4O2. The van der Waals surface area contributed by atoms with Crippen molar-refractivity contribution in [2.45, 2.75) is 25.3 Å². The quantitative estimate of drug-likeness (QED) is 0.397. The Labute approximate surface area is 161 Å². The third kappa shape index (κ3) is 5.35. The molecule has 0 amide bonds. The molecule has 7 heteroatoms. The van der Waals surface area contributed by atoms with E-state index in [0.29, 0.717) is 5.92 Å². The van der Waals surface area contributed by atoms with Gasteiger partial charge in [0.25, 0.3) is 0 Å². The summed E-state index contributed by atoms with van der Waals surface area (Å²) < 4.78 is 11.1. The van der Waals surface area contributed by atoms with Gasteiger partial charge in [-0.25, -0.2) is 0 Å². The highest BCUT2D eigenvalue weighted by Gasteiger charge is 2.25. The average molecular weight is 448 g/mol. The Bertz CT molecular complexity index is 483. The van der Waals surface area contributed by atoms with Crippen LogP contribution in [0.2, 0.25) is 0 Å². The van der Waals surface area contributed by atoms with Crippen molar-refractivity contribution in [3.63, 3.8) is 0 Å². The second-order valence-corrected chi connectivity index (χ2v) is 6.34. The van der Waals surface area contributed by atoms with Crippen LogP contribution in [-0.2, 0) is 4.74 Å². The summed E-state index contributed by atoms with van der Waals surface area (Å²) in [6.45, 7) is 5.72. The number of ether oxygens (including phenoxy) is 1. The Kier molecular flexibility index (Phi) is 8.34. The first-order chi connectivity index (χ1) is 11.4. The van der Waals surface area contributed by atoms with Gasteiger partial charge in [0.1, 0.15) is 5.76 Å². The first-order valence-corrected chi connectivity index (χ1v) is 8.66. The smallest absolute Gasteiger partial charge is 0.191 e. The van der Waals surface area contributed by atoms with E-state index in [4.69, 9.17) is 9.15 Å². The number of likely N-dealkylation sites (tertiary alicyclic amines) is 1. The maximum atomic E-state index is 5.66. The van der Waals surface area contributed by atoms with Gasteiger partial charge < -0.3 is 19.8 Å². The minimum atomic E-state index is 0. The van der Waals surface area contributed by atoms with E-state index in [-0.39, 0.29) is 30.0 Å². The van der Waals surface area contributed by atoms with Gasteiger partial charge in [-0.1, -0.05) is 0 Å². The van der Waals surface area contributed by atoms with Gasteiger partial charge in [0.05, 0.1) is 18.9 Å². The maximum absolute atomic E-state index is 5.66. The molecule has 2 atom stereocenters. The SMILES string of the molecule is CN=C(NCC1CCOC1)NCC(c1ccco1)N1CCCC1.I. The predicted molar refractivity (Wildman–Crippen MR) is 106 cm³/mol. The fourth-order valence-electron chi connectivity index (χ4n) is 3.34. The Hall–Kier alpha value is -0.800.